The topological polar surface area (TPSA) is 69.1 Å². The molecule has 1 unspecified atom stereocenters. The van der Waals surface area contributed by atoms with E-state index in [1.54, 1.807) is 18.2 Å². The SMILES string of the molecule is Cc1ccc(S(=O)c2ccc(N)c(N)c2)cc1. The van der Waals surface area contributed by atoms with Gasteiger partial charge in [0.05, 0.1) is 22.2 Å². The number of rotatable bonds is 2. The first kappa shape index (κ1) is 11.7. The van der Waals surface area contributed by atoms with Gasteiger partial charge in [-0.15, -0.1) is 0 Å². The Morgan fingerprint density at radius 1 is 0.882 bits per heavy atom. The van der Waals surface area contributed by atoms with Gasteiger partial charge in [0, 0.05) is 9.79 Å². The Morgan fingerprint density at radius 3 is 2.06 bits per heavy atom. The molecule has 0 saturated carbocycles. The fourth-order valence-corrected chi connectivity index (χ4v) is 2.55. The summed E-state index contributed by atoms with van der Waals surface area (Å²) >= 11 is 0. The van der Waals surface area contributed by atoms with Crippen molar-refractivity contribution in [3.8, 4) is 0 Å². The summed E-state index contributed by atoms with van der Waals surface area (Å²) in [6.45, 7) is 1.99. The van der Waals surface area contributed by atoms with Gasteiger partial charge in [-0.2, -0.15) is 0 Å². The van der Waals surface area contributed by atoms with Crippen molar-refractivity contribution in [2.75, 3.05) is 11.5 Å². The maximum absolute atomic E-state index is 12.2. The second-order valence-corrected chi connectivity index (χ2v) is 5.35. The van der Waals surface area contributed by atoms with Gasteiger partial charge in [0.1, 0.15) is 0 Å². The van der Waals surface area contributed by atoms with Crippen molar-refractivity contribution < 1.29 is 4.21 Å². The highest BCUT2D eigenvalue weighted by molar-refractivity contribution is 7.85. The van der Waals surface area contributed by atoms with Gasteiger partial charge in [0.25, 0.3) is 0 Å². The lowest BCUT2D eigenvalue weighted by Crippen LogP contribution is -1.98. The predicted molar refractivity (Wildman–Crippen MR) is 71.1 cm³/mol. The Kier molecular flexibility index (Phi) is 3.15. The first-order valence-electron chi connectivity index (χ1n) is 5.21. The number of nitrogen functional groups attached to an aromatic ring is 2. The van der Waals surface area contributed by atoms with E-state index in [0.29, 0.717) is 16.3 Å². The molecule has 0 heterocycles. The van der Waals surface area contributed by atoms with Gasteiger partial charge in [-0.25, -0.2) is 4.21 Å². The van der Waals surface area contributed by atoms with Crippen LogP contribution in [0.4, 0.5) is 11.4 Å². The van der Waals surface area contributed by atoms with Gasteiger partial charge in [-0.1, -0.05) is 17.7 Å². The summed E-state index contributed by atoms with van der Waals surface area (Å²) in [5.74, 6) is 0. The van der Waals surface area contributed by atoms with Crippen LogP contribution in [0.25, 0.3) is 0 Å². The van der Waals surface area contributed by atoms with Gasteiger partial charge in [0.15, 0.2) is 0 Å². The highest BCUT2D eigenvalue weighted by atomic mass is 32.2. The minimum atomic E-state index is -1.21. The number of anilines is 2. The second kappa shape index (κ2) is 4.59. The van der Waals surface area contributed by atoms with Crippen LogP contribution >= 0.6 is 0 Å². The Morgan fingerprint density at radius 2 is 1.47 bits per heavy atom. The van der Waals surface area contributed by atoms with Gasteiger partial charge in [0.2, 0.25) is 0 Å². The van der Waals surface area contributed by atoms with Crippen LogP contribution in [0.1, 0.15) is 5.56 Å². The molecule has 0 aliphatic carbocycles. The lowest BCUT2D eigenvalue weighted by molar-refractivity contribution is 0.683. The Bertz CT molecular complexity index is 564. The minimum absolute atomic E-state index is 0.461. The Balaban J connectivity index is 2.37. The summed E-state index contributed by atoms with van der Waals surface area (Å²) in [4.78, 5) is 1.43. The third kappa shape index (κ3) is 2.47. The molecule has 4 N–H and O–H groups in total. The third-order valence-electron chi connectivity index (χ3n) is 2.51. The van der Waals surface area contributed by atoms with Gasteiger partial charge < -0.3 is 11.5 Å². The fraction of sp³-hybridized carbons (Fsp3) is 0.0769. The van der Waals surface area contributed by atoms with Crippen molar-refractivity contribution in [1.29, 1.82) is 0 Å². The molecule has 1 atom stereocenters. The number of aryl methyl sites for hydroxylation is 1. The molecule has 4 heteroatoms. The average Bonchev–Trinajstić information content (AvgIpc) is 2.33. The van der Waals surface area contributed by atoms with E-state index in [9.17, 15) is 4.21 Å². The fourth-order valence-electron chi connectivity index (χ4n) is 1.47. The molecule has 0 radical (unpaired) electrons. The summed E-state index contributed by atoms with van der Waals surface area (Å²) in [6.07, 6.45) is 0. The number of hydrogen-bond donors (Lipinski definition) is 2. The first-order valence-corrected chi connectivity index (χ1v) is 6.36. The largest absolute Gasteiger partial charge is 0.397 e. The highest BCUT2D eigenvalue weighted by Crippen LogP contribution is 2.22. The summed E-state index contributed by atoms with van der Waals surface area (Å²) < 4.78 is 12.2. The Labute approximate surface area is 103 Å². The summed E-state index contributed by atoms with van der Waals surface area (Å²) in [5.41, 5.74) is 13.4. The summed E-state index contributed by atoms with van der Waals surface area (Å²) in [6, 6.07) is 12.7. The van der Waals surface area contributed by atoms with Gasteiger partial charge >= 0.3 is 0 Å². The van der Waals surface area contributed by atoms with E-state index >= 15 is 0 Å². The van der Waals surface area contributed by atoms with E-state index in [2.05, 4.69) is 0 Å². The van der Waals surface area contributed by atoms with Crippen LogP contribution in [0.15, 0.2) is 52.3 Å². The third-order valence-corrected chi connectivity index (χ3v) is 3.89. The van der Waals surface area contributed by atoms with E-state index in [1.165, 1.54) is 0 Å². The van der Waals surface area contributed by atoms with Crippen molar-refractivity contribution in [2.45, 2.75) is 16.7 Å². The molecule has 3 nitrogen and oxygen atoms in total. The molecule has 2 aromatic rings. The maximum atomic E-state index is 12.2. The molecule has 17 heavy (non-hydrogen) atoms. The zero-order chi connectivity index (χ0) is 12.4. The second-order valence-electron chi connectivity index (χ2n) is 3.87. The number of nitrogens with two attached hydrogens (primary N) is 2. The molecule has 0 bridgehead atoms. The summed E-state index contributed by atoms with van der Waals surface area (Å²) in [5, 5.41) is 0. The lowest BCUT2D eigenvalue weighted by Gasteiger charge is -2.05. The standard InChI is InChI=1S/C13H14N2OS/c1-9-2-4-10(5-3-9)17(16)11-6-7-12(14)13(15)8-11/h2-8H,14-15H2,1H3. The number of benzene rings is 2. The molecule has 0 spiro atoms. The molecule has 88 valence electrons. The first-order chi connectivity index (χ1) is 8.08. The quantitative estimate of drug-likeness (QED) is 0.799. The van der Waals surface area contributed by atoms with Crippen molar-refractivity contribution in [3.05, 3.63) is 48.0 Å². The molecular formula is C13H14N2OS. The van der Waals surface area contributed by atoms with Crippen LogP contribution < -0.4 is 11.5 Å². The average molecular weight is 246 g/mol. The molecule has 2 aromatic carbocycles. The van der Waals surface area contributed by atoms with E-state index in [-0.39, 0.29) is 0 Å². The zero-order valence-corrected chi connectivity index (χ0v) is 10.3. The van der Waals surface area contributed by atoms with Crippen molar-refractivity contribution in [1.82, 2.24) is 0 Å². The van der Waals surface area contributed by atoms with Crippen LogP contribution in [-0.2, 0) is 10.8 Å². The molecule has 0 aliphatic heterocycles. The molecule has 0 saturated heterocycles. The highest BCUT2D eigenvalue weighted by Gasteiger charge is 2.08. The van der Waals surface area contributed by atoms with Crippen molar-refractivity contribution in [2.24, 2.45) is 0 Å². The van der Waals surface area contributed by atoms with Crippen LogP contribution in [0.3, 0.4) is 0 Å². The predicted octanol–water partition coefficient (Wildman–Crippen LogP) is 2.33. The monoisotopic (exact) mass is 246 g/mol. The summed E-state index contributed by atoms with van der Waals surface area (Å²) in [7, 11) is -1.21. The zero-order valence-electron chi connectivity index (χ0n) is 9.51. The van der Waals surface area contributed by atoms with Crippen LogP contribution in [-0.4, -0.2) is 4.21 Å². The Hall–Kier alpha value is -1.81. The van der Waals surface area contributed by atoms with Crippen LogP contribution in [0.2, 0.25) is 0 Å². The normalized spacial score (nSPS) is 12.3. The van der Waals surface area contributed by atoms with E-state index in [0.717, 1.165) is 10.5 Å². The van der Waals surface area contributed by atoms with E-state index < -0.39 is 10.8 Å². The van der Waals surface area contributed by atoms with Crippen molar-refractivity contribution in [3.63, 3.8) is 0 Å². The van der Waals surface area contributed by atoms with E-state index in [1.807, 2.05) is 31.2 Å². The molecular weight excluding hydrogens is 232 g/mol. The van der Waals surface area contributed by atoms with Crippen molar-refractivity contribution >= 4 is 22.2 Å². The smallest absolute Gasteiger partial charge is 0.0850 e. The number of hydrogen-bond acceptors (Lipinski definition) is 3. The molecule has 2 rings (SSSR count). The molecule has 0 aromatic heterocycles. The lowest BCUT2D eigenvalue weighted by atomic mass is 10.2. The van der Waals surface area contributed by atoms with Gasteiger partial charge in [-0.05, 0) is 37.3 Å². The molecule has 0 aliphatic rings. The van der Waals surface area contributed by atoms with Crippen LogP contribution in [0.5, 0.6) is 0 Å². The van der Waals surface area contributed by atoms with Gasteiger partial charge in [-0.3, -0.25) is 0 Å². The van der Waals surface area contributed by atoms with E-state index in [4.69, 9.17) is 11.5 Å². The van der Waals surface area contributed by atoms with Crippen LogP contribution in [0, 0.1) is 6.92 Å². The molecule has 0 amide bonds. The maximum Gasteiger partial charge on any atom is 0.0850 e. The minimum Gasteiger partial charge on any atom is -0.397 e. The molecule has 0 fully saturated rings.